The zero-order chi connectivity index (χ0) is 16.2. The number of anilines is 2. The van der Waals surface area contributed by atoms with Crippen molar-refractivity contribution in [1.29, 1.82) is 0 Å². The number of aromatic nitrogens is 1. The lowest BCUT2D eigenvalue weighted by atomic mass is 10.1. The van der Waals surface area contributed by atoms with Gasteiger partial charge in [0.25, 0.3) is 5.91 Å². The second-order valence-corrected chi connectivity index (χ2v) is 6.28. The molecule has 0 atom stereocenters. The van der Waals surface area contributed by atoms with E-state index >= 15 is 0 Å². The van der Waals surface area contributed by atoms with Gasteiger partial charge in [-0.25, -0.2) is 4.98 Å². The van der Waals surface area contributed by atoms with Gasteiger partial charge in [-0.3, -0.25) is 4.79 Å². The number of hydrogen-bond donors (Lipinski definition) is 1. The number of carbonyl (C=O) groups is 1. The third kappa shape index (κ3) is 3.82. The van der Waals surface area contributed by atoms with E-state index < -0.39 is 0 Å². The van der Waals surface area contributed by atoms with Crippen LogP contribution in [0.15, 0.2) is 36.4 Å². The van der Waals surface area contributed by atoms with Crippen molar-refractivity contribution in [3.8, 4) is 0 Å². The average molecular weight is 330 g/mol. The van der Waals surface area contributed by atoms with Crippen LogP contribution in [-0.4, -0.2) is 24.0 Å². The molecule has 1 aromatic carbocycles. The first-order chi connectivity index (χ1) is 11.1. The van der Waals surface area contributed by atoms with Crippen LogP contribution in [0.4, 0.5) is 11.5 Å². The van der Waals surface area contributed by atoms with E-state index in [2.05, 4.69) is 15.2 Å². The number of halogens is 1. The highest BCUT2D eigenvalue weighted by Gasteiger charge is 2.15. The van der Waals surface area contributed by atoms with Gasteiger partial charge in [0.2, 0.25) is 0 Å². The van der Waals surface area contributed by atoms with Crippen LogP contribution in [0.2, 0.25) is 5.02 Å². The van der Waals surface area contributed by atoms with Gasteiger partial charge in [-0.1, -0.05) is 23.7 Å². The summed E-state index contributed by atoms with van der Waals surface area (Å²) >= 11 is 6.00. The molecular formula is C18H20ClN3O. The predicted molar refractivity (Wildman–Crippen MR) is 94.4 cm³/mol. The van der Waals surface area contributed by atoms with E-state index in [1.54, 1.807) is 12.1 Å². The van der Waals surface area contributed by atoms with Gasteiger partial charge in [0.1, 0.15) is 11.5 Å². The highest BCUT2D eigenvalue weighted by atomic mass is 35.5. The summed E-state index contributed by atoms with van der Waals surface area (Å²) in [4.78, 5) is 19.2. The Morgan fingerprint density at radius 2 is 1.96 bits per heavy atom. The van der Waals surface area contributed by atoms with Crippen LogP contribution in [0.5, 0.6) is 0 Å². The third-order valence-electron chi connectivity index (χ3n) is 4.09. The second kappa shape index (κ2) is 7.01. The molecule has 0 radical (unpaired) electrons. The van der Waals surface area contributed by atoms with Crippen LogP contribution in [0, 0.1) is 6.92 Å². The molecule has 2 heterocycles. The molecule has 1 fully saturated rings. The lowest BCUT2D eigenvalue weighted by Crippen LogP contribution is -2.30. The largest absolute Gasteiger partial charge is 0.357 e. The smallest absolute Gasteiger partial charge is 0.274 e. The zero-order valence-electron chi connectivity index (χ0n) is 13.2. The lowest BCUT2D eigenvalue weighted by Gasteiger charge is -2.27. The maximum Gasteiger partial charge on any atom is 0.274 e. The molecule has 5 heteroatoms. The number of nitrogens with one attached hydrogen (secondary N) is 1. The van der Waals surface area contributed by atoms with Crippen molar-refractivity contribution in [2.24, 2.45) is 0 Å². The Balaban J connectivity index is 1.78. The van der Waals surface area contributed by atoms with Crippen molar-refractivity contribution < 1.29 is 4.79 Å². The van der Waals surface area contributed by atoms with E-state index in [-0.39, 0.29) is 5.91 Å². The standard InChI is InChI=1S/C18H20ClN3O/c1-13-8-9-14(19)12-16(13)21-18(23)15-6-5-7-17(20-15)22-10-3-2-4-11-22/h5-9,12H,2-4,10-11H2,1H3,(H,21,23). The van der Waals surface area contributed by atoms with Crippen LogP contribution in [-0.2, 0) is 0 Å². The fourth-order valence-corrected chi connectivity index (χ4v) is 2.94. The van der Waals surface area contributed by atoms with Crippen LogP contribution in [0.25, 0.3) is 0 Å². The Bertz CT molecular complexity index is 711. The summed E-state index contributed by atoms with van der Waals surface area (Å²) in [7, 11) is 0. The van der Waals surface area contributed by atoms with Crippen molar-refractivity contribution in [1.82, 2.24) is 4.98 Å². The Morgan fingerprint density at radius 1 is 1.17 bits per heavy atom. The fraction of sp³-hybridized carbons (Fsp3) is 0.333. The minimum Gasteiger partial charge on any atom is -0.357 e. The van der Waals surface area contributed by atoms with E-state index in [0.29, 0.717) is 16.4 Å². The highest BCUT2D eigenvalue weighted by Crippen LogP contribution is 2.22. The van der Waals surface area contributed by atoms with E-state index in [1.165, 1.54) is 19.3 Å². The molecule has 4 nitrogen and oxygen atoms in total. The van der Waals surface area contributed by atoms with Crippen molar-refractivity contribution in [2.45, 2.75) is 26.2 Å². The second-order valence-electron chi connectivity index (χ2n) is 5.84. The molecule has 1 saturated heterocycles. The summed E-state index contributed by atoms with van der Waals surface area (Å²) in [6.07, 6.45) is 3.63. The number of hydrogen-bond acceptors (Lipinski definition) is 3. The minimum atomic E-state index is -0.214. The third-order valence-corrected chi connectivity index (χ3v) is 4.33. The summed E-state index contributed by atoms with van der Waals surface area (Å²) in [5, 5.41) is 3.49. The molecule has 1 amide bonds. The van der Waals surface area contributed by atoms with Crippen molar-refractivity contribution >= 4 is 29.0 Å². The maximum absolute atomic E-state index is 12.5. The first kappa shape index (κ1) is 15.8. The molecule has 1 aliphatic rings. The summed E-state index contributed by atoms with van der Waals surface area (Å²) in [6.45, 7) is 3.94. The highest BCUT2D eigenvalue weighted by molar-refractivity contribution is 6.31. The Morgan fingerprint density at radius 3 is 2.74 bits per heavy atom. The Labute approximate surface area is 141 Å². The van der Waals surface area contributed by atoms with E-state index in [9.17, 15) is 4.79 Å². The van der Waals surface area contributed by atoms with Gasteiger partial charge in [-0.2, -0.15) is 0 Å². The molecule has 0 aliphatic carbocycles. The predicted octanol–water partition coefficient (Wildman–Crippen LogP) is 4.29. The van der Waals surface area contributed by atoms with E-state index in [1.807, 2.05) is 31.2 Å². The number of pyridine rings is 1. The van der Waals surface area contributed by atoms with E-state index in [0.717, 1.165) is 24.5 Å². The number of benzene rings is 1. The van der Waals surface area contributed by atoms with Gasteiger partial charge in [-0.05, 0) is 56.0 Å². The average Bonchev–Trinajstić information content (AvgIpc) is 2.59. The van der Waals surface area contributed by atoms with Crippen LogP contribution in [0.1, 0.15) is 35.3 Å². The van der Waals surface area contributed by atoms with Gasteiger partial charge in [0.15, 0.2) is 0 Å². The van der Waals surface area contributed by atoms with Crippen molar-refractivity contribution in [3.05, 3.63) is 52.7 Å². The van der Waals surface area contributed by atoms with Gasteiger partial charge in [0.05, 0.1) is 0 Å². The normalized spacial score (nSPS) is 14.6. The van der Waals surface area contributed by atoms with Crippen LogP contribution in [0.3, 0.4) is 0 Å². The molecule has 1 N–H and O–H groups in total. The molecule has 0 unspecified atom stereocenters. The molecule has 3 rings (SSSR count). The van der Waals surface area contributed by atoms with Crippen molar-refractivity contribution in [3.63, 3.8) is 0 Å². The summed E-state index contributed by atoms with van der Waals surface area (Å²) in [5.74, 6) is 0.661. The first-order valence-electron chi connectivity index (χ1n) is 7.93. The van der Waals surface area contributed by atoms with E-state index in [4.69, 9.17) is 11.6 Å². The number of nitrogens with zero attached hydrogens (tertiary/aromatic N) is 2. The van der Waals surface area contributed by atoms with Gasteiger partial charge < -0.3 is 10.2 Å². The molecule has 0 spiro atoms. The fourth-order valence-electron chi connectivity index (χ4n) is 2.76. The van der Waals surface area contributed by atoms with Gasteiger partial charge in [-0.15, -0.1) is 0 Å². The summed E-state index contributed by atoms with van der Waals surface area (Å²) in [5.41, 5.74) is 2.11. The maximum atomic E-state index is 12.5. The Kier molecular flexibility index (Phi) is 4.82. The zero-order valence-corrected chi connectivity index (χ0v) is 13.9. The molecule has 0 bridgehead atoms. The minimum absolute atomic E-state index is 0.214. The number of aryl methyl sites for hydroxylation is 1. The summed E-state index contributed by atoms with van der Waals surface area (Å²) < 4.78 is 0. The topological polar surface area (TPSA) is 45.2 Å². The van der Waals surface area contributed by atoms with Crippen molar-refractivity contribution in [2.75, 3.05) is 23.3 Å². The number of piperidine rings is 1. The van der Waals surface area contributed by atoms with Gasteiger partial charge >= 0.3 is 0 Å². The van der Waals surface area contributed by atoms with Crippen LogP contribution < -0.4 is 10.2 Å². The monoisotopic (exact) mass is 329 g/mol. The SMILES string of the molecule is Cc1ccc(Cl)cc1NC(=O)c1cccc(N2CCCCC2)n1. The first-order valence-corrected chi connectivity index (χ1v) is 8.31. The molecule has 120 valence electrons. The number of amides is 1. The van der Waals surface area contributed by atoms with Crippen LogP contribution >= 0.6 is 11.6 Å². The number of carbonyl (C=O) groups excluding carboxylic acids is 1. The lowest BCUT2D eigenvalue weighted by molar-refractivity contribution is 0.102. The number of rotatable bonds is 3. The molecule has 2 aromatic rings. The Hall–Kier alpha value is -2.07. The molecule has 1 aromatic heterocycles. The molecular weight excluding hydrogens is 310 g/mol. The quantitative estimate of drug-likeness (QED) is 0.913. The molecule has 0 saturated carbocycles. The summed E-state index contributed by atoms with van der Waals surface area (Å²) in [6, 6.07) is 11.0. The molecule has 1 aliphatic heterocycles. The molecule has 23 heavy (non-hydrogen) atoms. The van der Waals surface area contributed by atoms with Gasteiger partial charge in [0, 0.05) is 23.8 Å².